The molecule has 0 amide bonds. The molecule has 92 valence electrons. The molecule has 0 atom stereocenters. The summed E-state index contributed by atoms with van der Waals surface area (Å²) in [6, 6.07) is 5.20. The van der Waals surface area contributed by atoms with E-state index in [2.05, 4.69) is 5.10 Å². The third-order valence-corrected chi connectivity index (χ3v) is 3.99. The van der Waals surface area contributed by atoms with E-state index in [1.54, 1.807) is 17.7 Å². The van der Waals surface area contributed by atoms with Crippen LogP contribution in [0, 0.1) is 6.92 Å². The smallest absolute Gasteiger partial charge is 0.262 e. The van der Waals surface area contributed by atoms with Crippen molar-refractivity contribution in [3.05, 3.63) is 23.9 Å². The Balaban J connectivity index is 2.92. The minimum Gasteiger partial charge on any atom is -0.262 e. The molecule has 0 aliphatic heterocycles. The lowest BCUT2D eigenvalue weighted by Gasteiger charge is -2.07. The molecule has 0 spiro atoms. The quantitative estimate of drug-likeness (QED) is 0.790. The molecule has 17 heavy (non-hydrogen) atoms. The van der Waals surface area contributed by atoms with E-state index in [0.717, 1.165) is 5.52 Å². The zero-order valence-corrected chi connectivity index (χ0v) is 11.4. The maximum absolute atomic E-state index is 11.5. The van der Waals surface area contributed by atoms with Crippen molar-refractivity contribution in [3.63, 3.8) is 0 Å². The second-order valence-electron chi connectivity index (χ2n) is 4.21. The molecule has 4 nitrogen and oxygen atoms in total. The minimum atomic E-state index is -3.75. The van der Waals surface area contributed by atoms with Crippen LogP contribution in [0.2, 0.25) is 0 Å². The molecule has 1 aromatic heterocycles. The number of hydrogen-bond donors (Lipinski definition) is 0. The number of hydrogen-bond acceptors (Lipinski definition) is 3. The Bertz CT molecular complexity index is 674. The van der Waals surface area contributed by atoms with Crippen LogP contribution in [0.15, 0.2) is 23.1 Å². The van der Waals surface area contributed by atoms with Gasteiger partial charge >= 0.3 is 0 Å². The van der Waals surface area contributed by atoms with E-state index in [1.807, 2.05) is 19.9 Å². The number of halogens is 1. The molecule has 0 saturated carbocycles. The van der Waals surface area contributed by atoms with Crippen LogP contribution < -0.4 is 0 Å². The number of benzene rings is 1. The molecule has 2 aromatic rings. The van der Waals surface area contributed by atoms with Crippen molar-refractivity contribution in [2.45, 2.75) is 31.7 Å². The van der Waals surface area contributed by atoms with Gasteiger partial charge in [0.15, 0.2) is 0 Å². The summed E-state index contributed by atoms with van der Waals surface area (Å²) in [5.74, 6) is 0. The molecule has 2 rings (SSSR count). The van der Waals surface area contributed by atoms with Crippen LogP contribution in [0.25, 0.3) is 10.9 Å². The number of nitrogens with zero attached hydrogens (tertiary/aromatic N) is 2. The Morgan fingerprint density at radius 2 is 2.00 bits per heavy atom. The SMILES string of the molecule is Cc1nn(C(C)C)c2cccc(S(=O)(=O)Cl)c12. The Morgan fingerprint density at radius 1 is 1.35 bits per heavy atom. The van der Waals surface area contributed by atoms with E-state index in [1.165, 1.54) is 6.07 Å². The van der Waals surface area contributed by atoms with Gasteiger partial charge < -0.3 is 0 Å². The maximum atomic E-state index is 11.5. The van der Waals surface area contributed by atoms with Gasteiger partial charge in [0.05, 0.1) is 16.1 Å². The standard InChI is InChI=1S/C11H13ClN2O2S/c1-7(2)14-9-5-4-6-10(17(12,15)16)11(9)8(3)13-14/h4-7H,1-3H3. The molecule has 0 N–H and O–H groups in total. The molecule has 0 aliphatic rings. The fourth-order valence-corrected chi connectivity index (χ4v) is 3.06. The van der Waals surface area contributed by atoms with E-state index in [0.29, 0.717) is 11.1 Å². The summed E-state index contributed by atoms with van der Waals surface area (Å²) < 4.78 is 24.8. The van der Waals surface area contributed by atoms with Gasteiger partial charge in [0, 0.05) is 22.1 Å². The number of aromatic nitrogens is 2. The molecule has 1 aromatic carbocycles. The Morgan fingerprint density at radius 3 is 2.53 bits per heavy atom. The summed E-state index contributed by atoms with van der Waals surface area (Å²) >= 11 is 0. The summed E-state index contributed by atoms with van der Waals surface area (Å²) in [6.07, 6.45) is 0. The van der Waals surface area contributed by atoms with Crippen LogP contribution in [-0.2, 0) is 9.05 Å². The molecular weight excluding hydrogens is 260 g/mol. The molecule has 1 heterocycles. The van der Waals surface area contributed by atoms with E-state index in [4.69, 9.17) is 10.7 Å². The van der Waals surface area contributed by atoms with Crippen LogP contribution in [0.4, 0.5) is 0 Å². The lowest BCUT2D eigenvalue weighted by Crippen LogP contribution is -2.02. The second-order valence-corrected chi connectivity index (χ2v) is 6.75. The lowest BCUT2D eigenvalue weighted by molar-refractivity contribution is 0.547. The van der Waals surface area contributed by atoms with Gasteiger partial charge in [0.25, 0.3) is 9.05 Å². The van der Waals surface area contributed by atoms with E-state index in [9.17, 15) is 8.42 Å². The van der Waals surface area contributed by atoms with E-state index < -0.39 is 9.05 Å². The van der Waals surface area contributed by atoms with Gasteiger partial charge in [-0.1, -0.05) is 6.07 Å². The molecule has 0 unspecified atom stereocenters. The van der Waals surface area contributed by atoms with Crippen molar-refractivity contribution < 1.29 is 8.42 Å². The van der Waals surface area contributed by atoms with Crippen LogP contribution in [-0.4, -0.2) is 18.2 Å². The fourth-order valence-electron chi connectivity index (χ4n) is 1.94. The van der Waals surface area contributed by atoms with Crippen molar-refractivity contribution in [1.29, 1.82) is 0 Å². The highest BCUT2D eigenvalue weighted by Gasteiger charge is 2.19. The van der Waals surface area contributed by atoms with E-state index in [-0.39, 0.29) is 10.9 Å². The Hall–Kier alpha value is -1.07. The van der Waals surface area contributed by atoms with Gasteiger partial charge in [-0.3, -0.25) is 4.68 Å². The molecule has 6 heteroatoms. The topological polar surface area (TPSA) is 52.0 Å². The first-order chi connectivity index (χ1) is 7.82. The zero-order valence-electron chi connectivity index (χ0n) is 9.81. The van der Waals surface area contributed by atoms with Gasteiger partial charge in [-0.05, 0) is 32.9 Å². The van der Waals surface area contributed by atoms with Crippen molar-refractivity contribution >= 4 is 30.6 Å². The molecule has 0 aliphatic carbocycles. The third kappa shape index (κ3) is 2.05. The first-order valence-corrected chi connectivity index (χ1v) is 7.56. The summed E-state index contributed by atoms with van der Waals surface area (Å²) in [7, 11) is 1.69. The predicted molar refractivity (Wildman–Crippen MR) is 67.9 cm³/mol. The molecular formula is C11H13ClN2O2S. The summed E-state index contributed by atoms with van der Waals surface area (Å²) in [6.45, 7) is 5.77. The number of aryl methyl sites for hydroxylation is 1. The van der Waals surface area contributed by atoms with Crippen molar-refractivity contribution in [2.75, 3.05) is 0 Å². The van der Waals surface area contributed by atoms with Crippen molar-refractivity contribution in [2.24, 2.45) is 0 Å². The highest BCUT2D eigenvalue weighted by Crippen LogP contribution is 2.29. The monoisotopic (exact) mass is 272 g/mol. The highest BCUT2D eigenvalue weighted by atomic mass is 35.7. The summed E-state index contributed by atoms with van der Waals surface area (Å²) in [5.41, 5.74) is 1.47. The minimum absolute atomic E-state index is 0.126. The lowest BCUT2D eigenvalue weighted by atomic mass is 10.2. The van der Waals surface area contributed by atoms with Crippen LogP contribution >= 0.6 is 10.7 Å². The average molecular weight is 273 g/mol. The highest BCUT2D eigenvalue weighted by molar-refractivity contribution is 8.14. The number of fused-ring (bicyclic) bond motifs is 1. The Kier molecular flexibility index (Phi) is 2.91. The first kappa shape index (κ1) is 12.4. The molecule has 0 radical (unpaired) electrons. The molecule has 0 bridgehead atoms. The van der Waals surface area contributed by atoms with Gasteiger partial charge in [-0.25, -0.2) is 8.42 Å². The van der Waals surface area contributed by atoms with Crippen LogP contribution in [0.3, 0.4) is 0 Å². The number of rotatable bonds is 2. The second kappa shape index (κ2) is 3.99. The first-order valence-electron chi connectivity index (χ1n) is 5.25. The molecule has 0 saturated heterocycles. The third-order valence-electron chi connectivity index (χ3n) is 2.62. The maximum Gasteiger partial charge on any atom is 0.262 e. The average Bonchev–Trinajstić information content (AvgIpc) is 2.55. The summed E-state index contributed by atoms with van der Waals surface area (Å²) in [4.78, 5) is 0.126. The van der Waals surface area contributed by atoms with Gasteiger partial charge in [-0.2, -0.15) is 5.10 Å². The van der Waals surface area contributed by atoms with Crippen LogP contribution in [0.1, 0.15) is 25.6 Å². The molecule has 0 fully saturated rings. The van der Waals surface area contributed by atoms with Crippen LogP contribution in [0.5, 0.6) is 0 Å². The van der Waals surface area contributed by atoms with Crippen molar-refractivity contribution in [1.82, 2.24) is 9.78 Å². The normalized spacial score (nSPS) is 12.5. The van der Waals surface area contributed by atoms with Gasteiger partial charge in [-0.15, -0.1) is 0 Å². The largest absolute Gasteiger partial charge is 0.262 e. The van der Waals surface area contributed by atoms with Gasteiger partial charge in [0.1, 0.15) is 0 Å². The van der Waals surface area contributed by atoms with Crippen molar-refractivity contribution in [3.8, 4) is 0 Å². The van der Waals surface area contributed by atoms with Gasteiger partial charge in [0.2, 0.25) is 0 Å². The van der Waals surface area contributed by atoms with E-state index >= 15 is 0 Å². The predicted octanol–water partition coefficient (Wildman–Crippen LogP) is 2.85. The summed E-state index contributed by atoms with van der Waals surface area (Å²) in [5, 5.41) is 4.96. The zero-order chi connectivity index (χ0) is 12.8. The fraction of sp³-hybridized carbons (Fsp3) is 0.364. The Labute approximate surface area is 105 Å².